The number of nitrogens with zero attached hydrogens (tertiary/aromatic N) is 3. The number of aromatic nitrogens is 2. The molecule has 0 atom stereocenters. The Balaban J connectivity index is 1.98. The molecule has 0 saturated heterocycles. The minimum absolute atomic E-state index is 0.743. The third-order valence-electron chi connectivity index (χ3n) is 3.58. The molecule has 0 amide bonds. The van der Waals surface area contributed by atoms with Gasteiger partial charge in [0.1, 0.15) is 0 Å². The Morgan fingerprint density at radius 2 is 1.76 bits per heavy atom. The van der Waals surface area contributed by atoms with Gasteiger partial charge in [0.15, 0.2) is 5.82 Å². The van der Waals surface area contributed by atoms with Crippen LogP contribution in [0.1, 0.15) is 11.3 Å². The van der Waals surface area contributed by atoms with E-state index in [-0.39, 0.29) is 0 Å². The summed E-state index contributed by atoms with van der Waals surface area (Å²) >= 11 is 0. The molecule has 2 aromatic carbocycles. The highest BCUT2D eigenvalue weighted by Crippen LogP contribution is 2.25. The molecule has 1 heterocycles. The molecule has 4 heteroatoms. The van der Waals surface area contributed by atoms with Crippen LogP contribution in [0.4, 0.5) is 11.5 Å². The maximum Gasteiger partial charge on any atom is 0.159 e. The fraction of sp³-hybridized carbons (Fsp3) is 0.176. The van der Waals surface area contributed by atoms with Crippen molar-refractivity contribution in [3.05, 3.63) is 59.8 Å². The Bertz CT molecular complexity index is 783. The van der Waals surface area contributed by atoms with Crippen LogP contribution in [0.25, 0.3) is 10.8 Å². The number of benzene rings is 2. The Morgan fingerprint density at radius 1 is 1.00 bits per heavy atom. The average Bonchev–Trinajstić information content (AvgIpc) is 2.48. The van der Waals surface area contributed by atoms with Gasteiger partial charge in [-0.25, -0.2) is 0 Å². The van der Waals surface area contributed by atoms with Gasteiger partial charge in [-0.1, -0.05) is 36.4 Å². The lowest BCUT2D eigenvalue weighted by atomic mass is 10.1. The molecule has 106 valence electrons. The first-order valence-electron chi connectivity index (χ1n) is 6.93. The Hall–Kier alpha value is -2.62. The van der Waals surface area contributed by atoms with E-state index in [1.54, 1.807) is 0 Å². The third kappa shape index (κ3) is 2.65. The fourth-order valence-electron chi connectivity index (χ4n) is 2.55. The highest BCUT2D eigenvalue weighted by Gasteiger charge is 2.11. The second kappa shape index (κ2) is 5.40. The number of anilines is 2. The highest BCUT2D eigenvalue weighted by molar-refractivity contribution is 5.93. The molecule has 0 spiro atoms. The summed E-state index contributed by atoms with van der Waals surface area (Å²) in [7, 11) is 2.02. The number of hydrogen-bond donors (Lipinski definition) is 1. The average molecular weight is 278 g/mol. The monoisotopic (exact) mass is 278 g/mol. The van der Waals surface area contributed by atoms with E-state index < -0.39 is 0 Å². The predicted molar refractivity (Wildman–Crippen MR) is 87.2 cm³/mol. The fourth-order valence-corrected chi connectivity index (χ4v) is 2.55. The number of nitrogen functional groups attached to an aromatic ring is 1. The molecule has 21 heavy (non-hydrogen) atoms. The van der Waals surface area contributed by atoms with Gasteiger partial charge in [-0.15, -0.1) is 5.10 Å². The van der Waals surface area contributed by atoms with Crippen molar-refractivity contribution < 1.29 is 0 Å². The summed E-state index contributed by atoms with van der Waals surface area (Å²) in [5, 5.41) is 10.9. The van der Waals surface area contributed by atoms with Gasteiger partial charge in [-0.2, -0.15) is 5.10 Å². The second-order valence-corrected chi connectivity index (χ2v) is 5.26. The molecular formula is C17H18N4. The van der Waals surface area contributed by atoms with Gasteiger partial charge in [0.2, 0.25) is 0 Å². The van der Waals surface area contributed by atoms with E-state index in [9.17, 15) is 0 Å². The largest absolute Gasteiger partial charge is 0.399 e. The molecule has 0 bridgehead atoms. The molecule has 2 N–H and O–H groups in total. The summed E-state index contributed by atoms with van der Waals surface area (Å²) in [4.78, 5) is 2.10. The highest BCUT2D eigenvalue weighted by atomic mass is 15.2. The van der Waals surface area contributed by atoms with Crippen molar-refractivity contribution in [3.8, 4) is 0 Å². The van der Waals surface area contributed by atoms with E-state index in [0.29, 0.717) is 0 Å². The summed E-state index contributed by atoms with van der Waals surface area (Å²) < 4.78 is 0. The van der Waals surface area contributed by atoms with E-state index >= 15 is 0 Å². The molecule has 0 fully saturated rings. The first-order valence-corrected chi connectivity index (χ1v) is 6.93. The molecule has 0 saturated carbocycles. The Kier molecular flexibility index (Phi) is 3.44. The molecule has 1 aromatic heterocycles. The van der Waals surface area contributed by atoms with Crippen molar-refractivity contribution in [2.45, 2.75) is 13.5 Å². The standard InChI is InChI=1S/C17H18N4/c1-12-15-8-3-4-9-16(15)17(20-19-12)21(2)11-13-6-5-7-14(18)10-13/h3-10H,11,18H2,1-2H3. The van der Waals surface area contributed by atoms with Crippen LogP contribution in [0, 0.1) is 6.92 Å². The van der Waals surface area contributed by atoms with Crippen LogP contribution in [-0.2, 0) is 6.54 Å². The van der Waals surface area contributed by atoms with Gasteiger partial charge < -0.3 is 10.6 Å². The van der Waals surface area contributed by atoms with Gasteiger partial charge in [-0.3, -0.25) is 0 Å². The zero-order valence-corrected chi connectivity index (χ0v) is 12.2. The summed E-state index contributed by atoms with van der Waals surface area (Å²) in [5.74, 6) is 0.888. The molecule has 3 aromatic rings. The van der Waals surface area contributed by atoms with Crippen molar-refractivity contribution in [1.82, 2.24) is 10.2 Å². The molecule has 4 nitrogen and oxygen atoms in total. The maximum absolute atomic E-state index is 5.84. The summed E-state index contributed by atoms with van der Waals surface area (Å²) in [6.45, 7) is 2.73. The summed E-state index contributed by atoms with van der Waals surface area (Å²) in [6, 6.07) is 16.1. The quantitative estimate of drug-likeness (QED) is 0.748. The van der Waals surface area contributed by atoms with Gasteiger partial charge >= 0.3 is 0 Å². The topological polar surface area (TPSA) is 55.0 Å². The van der Waals surface area contributed by atoms with E-state index in [1.807, 2.05) is 44.3 Å². The van der Waals surface area contributed by atoms with Crippen molar-refractivity contribution >= 4 is 22.3 Å². The first kappa shape index (κ1) is 13.4. The molecule has 0 aliphatic rings. The second-order valence-electron chi connectivity index (χ2n) is 5.26. The van der Waals surface area contributed by atoms with Crippen LogP contribution in [0.15, 0.2) is 48.5 Å². The number of nitrogens with two attached hydrogens (primary N) is 1. The van der Waals surface area contributed by atoms with Crippen LogP contribution in [0.3, 0.4) is 0 Å². The number of fused-ring (bicyclic) bond motifs is 1. The van der Waals surface area contributed by atoms with E-state index in [4.69, 9.17) is 5.73 Å². The van der Waals surface area contributed by atoms with Gasteiger partial charge in [0.25, 0.3) is 0 Å². The molecule has 0 aliphatic heterocycles. The lowest BCUT2D eigenvalue weighted by Gasteiger charge is -2.20. The maximum atomic E-state index is 5.84. The van der Waals surface area contributed by atoms with Crippen molar-refractivity contribution in [2.24, 2.45) is 0 Å². The lowest BCUT2D eigenvalue weighted by Crippen LogP contribution is -2.19. The minimum atomic E-state index is 0.743. The SMILES string of the molecule is Cc1nnc(N(C)Cc2cccc(N)c2)c2ccccc12. The smallest absolute Gasteiger partial charge is 0.159 e. The summed E-state index contributed by atoms with van der Waals surface area (Å²) in [6.07, 6.45) is 0. The minimum Gasteiger partial charge on any atom is -0.399 e. The van der Waals surface area contributed by atoms with E-state index in [1.165, 1.54) is 0 Å². The van der Waals surface area contributed by atoms with Gasteiger partial charge in [-0.05, 0) is 24.6 Å². The molecule has 0 aliphatic carbocycles. The third-order valence-corrected chi connectivity index (χ3v) is 3.58. The summed E-state index contributed by atoms with van der Waals surface area (Å²) in [5.41, 5.74) is 8.72. The first-order chi connectivity index (χ1) is 10.1. The lowest BCUT2D eigenvalue weighted by molar-refractivity contribution is 0.868. The van der Waals surface area contributed by atoms with Crippen molar-refractivity contribution in [3.63, 3.8) is 0 Å². The molecule has 3 rings (SSSR count). The predicted octanol–water partition coefficient (Wildman–Crippen LogP) is 3.16. The Labute approximate surface area is 124 Å². The van der Waals surface area contributed by atoms with Crippen LogP contribution >= 0.6 is 0 Å². The van der Waals surface area contributed by atoms with Gasteiger partial charge in [0, 0.05) is 30.1 Å². The van der Waals surface area contributed by atoms with Crippen molar-refractivity contribution in [2.75, 3.05) is 17.7 Å². The van der Waals surface area contributed by atoms with Crippen LogP contribution < -0.4 is 10.6 Å². The normalized spacial score (nSPS) is 10.8. The van der Waals surface area contributed by atoms with Crippen molar-refractivity contribution in [1.29, 1.82) is 0 Å². The molecular weight excluding hydrogens is 260 g/mol. The number of rotatable bonds is 3. The number of hydrogen-bond acceptors (Lipinski definition) is 4. The Morgan fingerprint density at radius 3 is 2.52 bits per heavy atom. The molecule has 0 unspecified atom stereocenters. The van der Waals surface area contributed by atoms with E-state index in [0.717, 1.165) is 40.1 Å². The molecule has 0 radical (unpaired) electrons. The van der Waals surface area contributed by atoms with E-state index in [2.05, 4.69) is 33.3 Å². The van der Waals surface area contributed by atoms with Crippen LogP contribution in [0.5, 0.6) is 0 Å². The van der Waals surface area contributed by atoms with Gasteiger partial charge in [0.05, 0.1) is 5.69 Å². The zero-order chi connectivity index (χ0) is 14.8. The number of aryl methyl sites for hydroxylation is 1. The van der Waals surface area contributed by atoms with Crippen LogP contribution in [-0.4, -0.2) is 17.2 Å². The zero-order valence-electron chi connectivity index (χ0n) is 12.2. The van der Waals surface area contributed by atoms with Crippen LogP contribution in [0.2, 0.25) is 0 Å².